The SMILES string of the molecule is CCN(C(=O)Oc1cccc(N(CCCl)C(=O)O)c1)c1ccccc1. The van der Waals surface area contributed by atoms with E-state index in [4.69, 9.17) is 16.3 Å². The number of para-hydroxylation sites is 1. The normalized spacial score (nSPS) is 10.2. The first-order valence-corrected chi connectivity index (χ1v) is 8.31. The fraction of sp³-hybridized carbons (Fsp3) is 0.222. The maximum absolute atomic E-state index is 12.4. The van der Waals surface area contributed by atoms with Gasteiger partial charge in [0.2, 0.25) is 0 Å². The molecule has 25 heavy (non-hydrogen) atoms. The first-order chi connectivity index (χ1) is 12.1. The maximum Gasteiger partial charge on any atom is 0.419 e. The minimum atomic E-state index is -1.12. The number of benzene rings is 2. The summed E-state index contributed by atoms with van der Waals surface area (Å²) >= 11 is 5.65. The topological polar surface area (TPSA) is 70.1 Å². The Morgan fingerprint density at radius 1 is 1.04 bits per heavy atom. The summed E-state index contributed by atoms with van der Waals surface area (Å²) in [6, 6.07) is 15.5. The Labute approximate surface area is 151 Å². The van der Waals surface area contributed by atoms with E-state index in [0.29, 0.717) is 12.2 Å². The van der Waals surface area contributed by atoms with Crippen LogP contribution in [0.2, 0.25) is 0 Å². The van der Waals surface area contributed by atoms with Crippen molar-refractivity contribution in [3.05, 3.63) is 54.6 Å². The van der Waals surface area contributed by atoms with Gasteiger partial charge in [-0.3, -0.25) is 9.80 Å². The molecule has 0 saturated heterocycles. The lowest BCUT2D eigenvalue weighted by Gasteiger charge is -2.21. The zero-order chi connectivity index (χ0) is 18.2. The molecule has 0 unspecified atom stereocenters. The van der Waals surface area contributed by atoms with Crippen LogP contribution in [0, 0.1) is 0 Å². The van der Waals surface area contributed by atoms with Crippen molar-refractivity contribution in [2.75, 3.05) is 28.8 Å². The van der Waals surface area contributed by atoms with Gasteiger partial charge in [0.05, 0.1) is 5.69 Å². The van der Waals surface area contributed by atoms with E-state index in [1.807, 2.05) is 37.3 Å². The molecule has 0 aliphatic carbocycles. The molecular weight excluding hydrogens is 344 g/mol. The van der Waals surface area contributed by atoms with E-state index in [0.717, 1.165) is 10.6 Å². The van der Waals surface area contributed by atoms with E-state index in [1.54, 1.807) is 18.2 Å². The number of hydrogen-bond acceptors (Lipinski definition) is 3. The van der Waals surface area contributed by atoms with Crippen molar-refractivity contribution >= 4 is 35.2 Å². The largest absolute Gasteiger partial charge is 0.465 e. The van der Waals surface area contributed by atoms with E-state index in [9.17, 15) is 14.7 Å². The zero-order valence-corrected chi connectivity index (χ0v) is 14.5. The second-order valence-electron chi connectivity index (χ2n) is 5.07. The Hall–Kier alpha value is -2.73. The number of halogens is 1. The Morgan fingerprint density at radius 2 is 1.72 bits per heavy atom. The zero-order valence-electron chi connectivity index (χ0n) is 13.8. The van der Waals surface area contributed by atoms with E-state index in [2.05, 4.69) is 0 Å². The molecule has 0 bridgehead atoms. The van der Waals surface area contributed by atoms with Gasteiger partial charge in [-0.05, 0) is 31.2 Å². The number of anilines is 2. The Bertz CT molecular complexity index is 724. The molecule has 0 saturated carbocycles. The molecule has 0 aliphatic rings. The highest BCUT2D eigenvalue weighted by Crippen LogP contribution is 2.23. The van der Waals surface area contributed by atoms with Crippen molar-refractivity contribution in [1.29, 1.82) is 0 Å². The summed E-state index contributed by atoms with van der Waals surface area (Å²) in [5.74, 6) is 0.422. The fourth-order valence-electron chi connectivity index (χ4n) is 2.32. The molecule has 0 fully saturated rings. The standard InChI is InChI=1S/C18H19ClN2O4/c1-2-20(14-7-4-3-5-8-14)18(24)25-16-10-6-9-15(13-16)21(12-11-19)17(22)23/h3-10,13H,2,11-12H2,1H3,(H,22,23). The van der Waals surface area contributed by atoms with Crippen molar-refractivity contribution in [2.24, 2.45) is 0 Å². The van der Waals surface area contributed by atoms with Crippen LogP contribution < -0.4 is 14.5 Å². The summed E-state index contributed by atoms with van der Waals surface area (Å²) in [6.45, 7) is 2.42. The van der Waals surface area contributed by atoms with Gasteiger partial charge in [-0.25, -0.2) is 9.59 Å². The van der Waals surface area contributed by atoms with Crippen LogP contribution >= 0.6 is 11.6 Å². The quantitative estimate of drug-likeness (QED) is 0.771. The van der Waals surface area contributed by atoms with E-state index < -0.39 is 12.2 Å². The van der Waals surface area contributed by atoms with Crippen LogP contribution in [0.15, 0.2) is 54.6 Å². The molecule has 0 aliphatic heterocycles. The van der Waals surface area contributed by atoms with Gasteiger partial charge in [-0.15, -0.1) is 11.6 Å². The van der Waals surface area contributed by atoms with Crippen molar-refractivity contribution in [2.45, 2.75) is 6.92 Å². The Kier molecular flexibility index (Phi) is 6.65. The molecule has 7 heteroatoms. The Morgan fingerprint density at radius 3 is 2.32 bits per heavy atom. The lowest BCUT2D eigenvalue weighted by molar-refractivity contribution is 0.202. The second kappa shape index (κ2) is 8.94. The van der Waals surface area contributed by atoms with Crippen molar-refractivity contribution in [1.82, 2.24) is 0 Å². The molecule has 0 radical (unpaired) electrons. The average Bonchev–Trinajstić information content (AvgIpc) is 2.61. The van der Waals surface area contributed by atoms with Gasteiger partial charge >= 0.3 is 12.2 Å². The monoisotopic (exact) mass is 362 g/mol. The van der Waals surface area contributed by atoms with Gasteiger partial charge in [0.25, 0.3) is 0 Å². The summed E-state index contributed by atoms with van der Waals surface area (Å²) in [7, 11) is 0. The van der Waals surface area contributed by atoms with Crippen molar-refractivity contribution < 1.29 is 19.4 Å². The van der Waals surface area contributed by atoms with Gasteiger partial charge in [0.15, 0.2) is 0 Å². The average molecular weight is 363 g/mol. The van der Waals surface area contributed by atoms with Gasteiger partial charge in [-0.1, -0.05) is 24.3 Å². The lowest BCUT2D eigenvalue weighted by atomic mass is 10.2. The number of carbonyl (C=O) groups is 2. The summed E-state index contributed by atoms with van der Waals surface area (Å²) in [4.78, 5) is 26.3. The van der Waals surface area contributed by atoms with Gasteiger partial charge in [0.1, 0.15) is 5.75 Å². The van der Waals surface area contributed by atoms with Gasteiger partial charge in [-0.2, -0.15) is 0 Å². The number of amides is 2. The number of alkyl halides is 1. The third-order valence-electron chi connectivity index (χ3n) is 3.48. The molecule has 2 aromatic carbocycles. The van der Waals surface area contributed by atoms with Crippen molar-refractivity contribution in [3.63, 3.8) is 0 Å². The molecule has 2 rings (SSSR count). The number of carbonyl (C=O) groups excluding carboxylic acids is 1. The second-order valence-corrected chi connectivity index (χ2v) is 5.45. The first-order valence-electron chi connectivity index (χ1n) is 7.77. The Balaban J connectivity index is 2.18. The number of carboxylic acid groups (broad SMARTS) is 1. The smallest absolute Gasteiger partial charge is 0.419 e. The summed E-state index contributed by atoms with van der Waals surface area (Å²) < 4.78 is 5.40. The number of ether oxygens (including phenoxy) is 1. The molecular formula is C18H19ClN2O4. The third-order valence-corrected chi connectivity index (χ3v) is 3.65. The van der Waals surface area contributed by atoms with Crippen LogP contribution in [0.3, 0.4) is 0 Å². The minimum absolute atomic E-state index is 0.138. The third kappa shape index (κ3) is 4.87. The fourth-order valence-corrected chi connectivity index (χ4v) is 2.48. The highest BCUT2D eigenvalue weighted by Gasteiger charge is 2.18. The predicted octanol–water partition coefficient (Wildman–Crippen LogP) is 4.44. The summed E-state index contributed by atoms with van der Waals surface area (Å²) in [5, 5.41) is 9.26. The minimum Gasteiger partial charge on any atom is -0.465 e. The van der Waals surface area contributed by atoms with Gasteiger partial charge < -0.3 is 9.84 Å². The molecule has 2 amide bonds. The summed E-state index contributed by atoms with van der Waals surface area (Å²) in [5.41, 5.74) is 1.11. The molecule has 0 spiro atoms. The van der Waals surface area contributed by atoms with Crippen LogP contribution in [-0.4, -0.2) is 36.3 Å². The number of nitrogens with zero attached hydrogens (tertiary/aromatic N) is 2. The van der Waals surface area contributed by atoms with E-state index in [-0.39, 0.29) is 18.2 Å². The number of hydrogen-bond donors (Lipinski definition) is 1. The maximum atomic E-state index is 12.4. The first kappa shape index (κ1) is 18.6. The predicted molar refractivity (Wildman–Crippen MR) is 98.0 cm³/mol. The number of rotatable bonds is 6. The molecule has 0 atom stereocenters. The van der Waals surface area contributed by atoms with Gasteiger partial charge in [0, 0.05) is 30.7 Å². The lowest BCUT2D eigenvalue weighted by Crippen LogP contribution is -2.33. The van der Waals surface area contributed by atoms with E-state index >= 15 is 0 Å². The molecule has 0 heterocycles. The van der Waals surface area contributed by atoms with Crippen LogP contribution in [-0.2, 0) is 0 Å². The van der Waals surface area contributed by atoms with E-state index in [1.165, 1.54) is 11.0 Å². The van der Waals surface area contributed by atoms with Crippen molar-refractivity contribution in [3.8, 4) is 5.75 Å². The van der Waals surface area contributed by atoms with Crippen LogP contribution in [0.5, 0.6) is 5.75 Å². The van der Waals surface area contributed by atoms with Crippen LogP contribution in [0.4, 0.5) is 21.0 Å². The molecule has 2 aromatic rings. The molecule has 6 nitrogen and oxygen atoms in total. The molecule has 132 valence electrons. The molecule has 1 N–H and O–H groups in total. The highest BCUT2D eigenvalue weighted by atomic mass is 35.5. The van der Waals surface area contributed by atoms with Crippen LogP contribution in [0.1, 0.15) is 6.92 Å². The highest BCUT2D eigenvalue weighted by molar-refractivity contribution is 6.18. The summed E-state index contributed by atoms with van der Waals surface area (Å²) in [6.07, 6.45) is -1.66. The van der Waals surface area contributed by atoms with Crippen LogP contribution in [0.25, 0.3) is 0 Å². The molecule has 0 aromatic heterocycles.